The minimum atomic E-state index is -1.02. The molecular weight excluding hydrogens is 438 g/mol. The van der Waals surface area contributed by atoms with Gasteiger partial charge in [-0.2, -0.15) is 12.6 Å². The maximum Gasteiger partial charge on any atom is 0.408 e. The number of ether oxygens (including phenoxy) is 1. The molecule has 0 aliphatic heterocycles. The van der Waals surface area contributed by atoms with Gasteiger partial charge in [0.1, 0.15) is 17.7 Å². The summed E-state index contributed by atoms with van der Waals surface area (Å²) >= 11 is 4.28. The zero-order valence-corrected chi connectivity index (χ0v) is 21.7. The van der Waals surface area contributed by atoms with Crippen molar-refractivity contribution >= 4 is 30.5 Å². The van der Waals surface area contributed by atoms with Crippen LogP contribution >= 0.6 is 12.6 Å². The Bertz CT molecular complexity index is 894. The highest BCUT2D eigenvalue weighted by molar-refractivity contribution is 7.80. The zero-order chi connectivity index (χ0) is 25.6. The quantitative estimate of drug-likeness (QED) is 0.415. The van der Waals surface area contributed by atoms with E-state index in [1.54, 1.807) is 45.0 Å². The predicted octanol–water partition coefficient (Wildman–Crippen LogP) is 3.68. The first-order chi connectivity index (χ1) is 15.1. The molecule has 2 N–H and O–H groups in total. The molecule has 0 aliphatic carbocycles. The molecule has 0 aromatic heterocycles. The number of carbonyl (C=O) groups excluding carboxylic acids is 3. The molecule has 1 aromatic carbocycles. The third kappa shape index (κ3) is 8.32. The van der Waals surface area contributed by atoms with Crippen LogP contribution in [0.5, 0.6) is 0 Å². The second-order valence-corrected chi connectivity index (χ2v) is 10.4. The van der Waals surface area contributed by atoms with Gasteiger partial charge < -0.3 is 20.3 Å². The molecule has 8 heteroatoms. The molecule has 7 nitrogen and oxygen atoms in total. The SMILES string of the molecule is C#Cc1ccccc1C(C(=O)NC(C)C)N(C(=O)C(CS)NC(=O)OC(C)(C)C)C(C)(C)C. The van der Waals surface area contributed by atoms with Crippen LogP contribution in [-0.4, -0.2) is 51.8 Å². The van der Waals surface area contributed by atoms with Gasteiger partial charge >= 0.3 is 6.09 Å². The molecule has 0 saturated heterocycles. The second-order valence-electron chi connectivity index (χ2n) is 10.1. The van der Waals surface area contributed by atoms with Gasteiger partial charge in [0, 0.05) is 22.9 Å². The Hall–Kier alpha value is -2.66. The van der Waals surface area contributed by atoms with E-state index >= 15 is 0 Å². The molecule has 1 aromatic rings. The molecule has 33 heavy (non-hydrogen) atoms. The van der Waals surface area contributed by atoms with E-state index in [9.17, 15) is 14.4 Å². The Morgan fingerprint density at radius 2 is 1.67 bits per heavy atom. The minimum absolute atomic E-state index is 0.0139. The van der Waals surface area contributed by atoms with Crippen molar-refractivity contribution in [2.75, 3.05) is 5.75 Å². The lowest BCUT2D eigenvalue weighted by Gasteiger charge is -2.43. The highest BCUT2D eigenvalue weighted by Gasteiger charge is 2.42. The minimum Gasteiger partial charge on any atom is -0.444 e. The normalized spacial score (nSPS) is 13.5. The molecule has 0 heterocycles. The summed E-state index contributed by atoms with van der Waals surface area (Å²) < 4.78 is 5.31. The van der Waals surface area contributed by atoms with Crippen molar-refractivity contribution in [1.29, 1.82) is 0 Å². The van der Waals surface area contributed by atoms with Gasteiger partial charge in [0.25, 0.3) is 0 Å². The summed E-state index contributed by atoms with van der Waals surface area (Å²) in [4.78, 5) is 41.1. The Morgan fingerprint density at radius 3 is 2.12 bits per heavy atom. The van der Waals surface area contributed by atoms with Gasteiger partial charge in [0.15, 0.2) is 0 Å². The fourth-order valence-corrected chi connectivity index (χ4v) is 3.52. The van der Waals surface area contributed by atoms with Crippen LogP contribution in [0.25, 0.3) is 0 Å². The molecule has 0 spiro atoms. The zero-order valence-electron chi connectivity index (χ0n) is 20.9. The number of rotatable bonds is 7. The van der Waals surface area contributed by atoms with Crippen LogP contribution in [0.15, 0.2) is 24.3 Å². The number of terminal acetylenes is 1. The monoisotopic (exact) mass is 475 g/mol. The van der Waals surface area contributed by atoms with E-state index in [0.29, 0.717) is 11.1 Å². The highest BCUT2D eigenvalue weighted by atomic mass is 32.1. The largest absolute Gasteiger partial charge is 0.444 e. The van der Waals surface area contributed by atoms with Crippen molar-refractivity contribution in [3.05, 3.63) is 35.4 Å². The van der Waals surface area contributed by atoms with Gasteiger partial charge in [-0.15, -0.1) is 6.42 Å². The first kappa shape index (κ1) is 28.4. The maximum atomic E-state index is 13.8. The summed E-state index contributed by atoms with van der Waals surface area (Å²) in [7, 11) is 0. The van der Waals surface area contributed by atoms with E-state index in [-0.39, 0.29) is 17.7 Å². The third-order valence-corrected chi connectivity index (χ3v) is 4.85. The number of amides is 3. The second kappa shape index (κ2) is 11.5. The van der Waals surface area contributed by atoms with Gasteiger partial charge in [-0.25, -0.2) is 4.79 Å². The van der Waals surface area contributed by atoms with Gasteiger partial charge in [-0.1, -0.05) is 24.1 Å². The van der Waals surface area contributed by atoms with E-state index in [2.05, 4.69) is 29.2 Å². The Labute approximate surface area is 203 Å². The van der Waals surface area contributed by atoms with Gasteiger partial charge in [-0.3, -0.25) is 9.59 Å². The molecule has 0 radical (unpaired) electrons. The molecule has 2 unspecified atom stereocenters. The number of hydrogen-bond acceptors (Lipinski definition) is 5. The van der Waals surface area contributed by atoms with Crippen LogP contribution in [0.1, 0.15) is 72.6 Å². The van der Waals surface area contributed by atoms with Crippen LogP contribution < -0.4 is 10.6 Å². The fraction of sp³-hybridized carbons (Fsp3) is 0.560. The van der Waals surface area contributed by atoms with E-state index in [4.69, 9.17) is 11.2 Å². The van der Waals surface area contributed by atoms with Crippen molar-refractivity contribution in [2.45, 2.75) is 84.7 Å². The Morgan fingerprint density at radius 1 is 1.09 bits per heavy atom. The van der Waals surface area contributed by atoms with Crippen molar-refractivity contribution in [1.82, 2.24) is 15.5 Å². The summed E-state index contributed by atoms with van der Waals surface area (Å²) in [6.07, 6.45) is 4.97. The van der Waals surface area contributed by atoms with Crippen molar-refractivity contribution < 1.29 is 19.1 Å². The third-order valence-electron chi connectivity index (χ3n) is 4.48. The number of hydrogen-bond donors (Lipinski definition) is 3. The number of carbonyl (C=O) groups is 3. The van der Waals surface area contributed by atoms with Crippen LogP contribution in [0.3, 0.4) is 0 Å². The summed E-state index contributed by atoms with van der Waals surface area (Å²) in [5, 5.41) is 5.49. The van der Waals surface area contributed by atoms with E-state index < -0.39 is 35.2 Å². The van der Waals surface area contributed by atoms with Crippen molar-refractivity contribution in [3.63, 3.8) is 0 Å². The number of alkyl carbamates (subject to hydrolysis) is 1. The number of nitrogens with zero attached hydrogens (tertiary/aromatic N) is 1. The predicted molar refractivity (Wildman–Crippen MR) is 134 cm³/mol. The van der Waals surface area contributed by atoms with Gasteiger partial charge in [-0.05, 0) is 67.0 Å². The molecule has 3 amide bonds. The van der Waals surface area contributed by atoms with Crippen molar-refractivity contribution in [2.24, 2.45) is 0 Å². The molecule has 0 saturated carbocycles. The van der Waals surface area contributed by atoms with Gasteiger partial charge in [0.05, 0.1) is 0 Å². The number of thiol groups is 1. The first-order valence-corrected chi connectivity index (χ1v) is 11.5. The fourth-order valence-electron chi connectivity index (χ4n) is 3.28. The van der Waals surface area contributed by atoms with E-state index in [0.717, 1.165) is 0 Å². The maximum absolute atomic E-state index is 13.8. The molecule has 0 fully saturated rings. The molecule has 1 rings (SSSR count). The lowest BCUT2D eigenvalue weighted by Crippen LogP contribution is -2.59. The molecule has 0 bridgehead atoms. The standard InChI is InChI=1S/C25H37N3O4S/c1-10-17-13-11-12-14-18(17)20(21(29)26-16(2)3)28(24(4,5)6)22(30)19(15-33)27-23(31)32-25(7,8)9/h1,11-14,16,19-20,33H,15H2,2-9H3,(H,26,29)(H,27,31). The lowest BCUT2D eigenvalue weighted by atomic mass is 9.92. The summed E-state index contributed by atoms with van der Waals surface area (Å²) in [6, 6.07) is 4.82. The average molecular weight is 476 g/mol. The van der Waals surface area contributed by atoms with Crippen LogP contribution in [-0.2, 0) is 14.3 Å². The van der Waals surface area contributed by atoms with E-state index in [1.807, 2.05) is 34.6 Å². The summed E-state index contributed by atoms with van der Waals surface area (Å²) in [5.74, 6) is 1.78. The smallest absolute Gasteiger partial charge is 0.408 e. The molecule has 182 valence electrons. The number of nitrogens with one attached hydrogen (secondary N) is 2. The van der Waals surface area contributed by atoms with Crippen LogP contribution in [0.2, 0.25) is 0 Å². The van der Waals surface area contributed by atoms with Crippen LogP contribution in [0, 0.1) is 12.3 Å². The topological polar surface area (TPSA) is 87.7 Å². The molecular formula is C25H37N3O4S. The molecule has 2 atom stereocenters. The highest BCUT2D eigenvalue weighted by Crippen LogP contribution is 2.32. The molecule has 0 aliphatic rings. The number of benzene rings is 1. The van der Waals surface area contributed by atoms with Crippen LogP contribution in [0.4, 0.5) is 4.79 Å². The lowest BCUT2D eigenvalue weighted by molar-refractivity contribution is -0.148. The van der Waals surface area contributed by atoms with E-state index in [1.165, 1.54) is 4.90 Å². The van der Waals surface area contributed by atoms with Crippen molar-refractivity contribution in [3.8, 4) is 12.3 Å². The Kier molecular flexibility index (Phi) is 9.86. The average Bonchev–Trinajstić information content (AvgIpc) is 2.66. The Balaban J connectivity index is 3.55. The van der Waals surface area contributed by atoms with Gasteiger partial charge in [0.2, 0.25) is 11.8 Å². The summed E-state index contributed by atoms with van der Waals surface area (Å²) in [6.45, 7) is 14.3. The summed E-state index contributed by atoms with van der Waals surface area (Å²) in [5.41, 5.74) is -0.500. The first-order valence-electron chi connectivity index (χ1n) is 10.9.